The molecule has 0 aromatic heterocycles. The molecule has 0 spiro atoms. The Morgan fingerprint density at radius 1 is 0.759 bits per heavy atom. The zero-order valence-electron chi connectivity index (χ0n) is 18.8. The van der Waals surface area contributed by atoms with E-state index in [1.165, 1.54) is 78.1 Å². The van der Waals surface area contributed by atoms with Crippen LogP contribution in [0, 0.1) is 0 Å². The molecule has 0 aromatic carbocycles. The van der Waals surface area contributed by atoms with E-state index in [0.717, 1.165) is 25.7 Å². The topological polar surface area (TPSA) is 52.6 Å². The van der Waals surface area contributed by atoms with E-state index in [4.69, 9.17) is 9.47 Å². The van der Waals surface area contributed by atoms with Gasteiger partial charge < -0.3 is 9.47 Å². The van der Waals surface area contributed by atoms with Crippen LogP contribution in [0.5, 0.6) is 0 Å². The van der Waals surface area contributed by atoms with Gasteiger partial charge in [0.1, 0.15) is 0 Å². The van der Waals surface area contributed by atoms with Crippen molar-refractivity contribution < 1.29 is 19.1 Å². The summed E-state index contributed by atoms with van der Waals surface area (Å²) in [6, 6.07) is 0. The van der Waals surface area contributed by atoms with Crippen molar-refractivity contribution in [2.75, 3.05) is 14.2 Å². The molecule has 0 aliphatic heterocycles. The van der Waals surface area contributed by atoms with E-state index in [1.807, 2.05) is 0 Å². The first-order valence-electron chi connectivity index (χ1n) is 11.4. The van der Waals surface area contributed by atoms with Gasteiger partial charge in [-0.05, 0) is 38.5 Å². The van der Waals surface area contributed by atoms with Gasteiger partial charge in [-0.25, -0.2) is 0 Å². The van der Waals surface area contributed by atoms with Crippen molar-refractivity contribution in [2.24, 2.45) is 0 Å². The predicted molar refractivity (Wildman–Crippen MR) is 119 cm³/mol. The Labute approximate surface area is 177 Å². The fourth-order valence-corrected chi connectivity index (χ4v) is 3.63. The van der Waals surface area contributed by atoms with Gasteiger partial charge in [-0.3, -0.25) is 9.59 Å². The van der Waals surface area contributed by atoms with E-state index >= 15 is 0 Å². The van der Waals surface area contributed by atoms with Crippen LogP contribution >= 0.6 is 0 Å². The highest BCUT2D eigenvalue weighted by Crippen LogP contribution is 2.25. The molecule has 29 heavy (non-hydrogen) atoms. The van der Waals surface area contributed by atoms with Crippen molar-refractivity contribution in [2.45, 2.75) is 96.8 Å². The fraction of sp³-hybridized carbons (Fsp3) is 0.680. The quantitative estimate of drug-likeness (QED) is 0.155. The molecular weight excluding hydrogens is 364 g/mol. The molecule has 0 atom stereocenters. The zero-order valence-corrected chi connectivity index (χ0v) is 18.8. The van der Waals surface area contributed by atoms with E-state index in [1.54, 1.807) is 0 Å². The van der Waals surface area contributed by atoms with Crippen LogP contribution < -0.4 is 0 Å². The SMILES string of the molecule is CCCCCCCC/C=C\CCCCCCCC1=C(OC)C(=O)C=C(OC)C1=O. The molecule has 0 saturated heterocycles. The average molecular weight is 405 g/mol. The Morgan fingerprint density at radius 3 is 1.86 bits per heavy atom. The first-order valence-corrected chi connectivity index (χ1v) is 11.4. The van der Waals surface area contributed by atoms with Crippen LogP contribution in [0.1, 0.15) is 96.8 Å². The van der Waals surface area contributed by atoms with Gasteiger partial charge in [-0.2, -0.15) is 0 Å². The van der Waals surface area contributed by atoms with Gasteiger partial charge in [-0.15, -0.1) is 0 Å². The van der Waals surface area contributed by atoms with Crippen LogP contribution in [0.15, 0.2) is 35.3 Å². The van der Waals surface area contributed by atoms with Gasteiger partial charge in [0.15, 0.2) is 11.5 Å². The molecule has 1 aliphatic rings. The summed E-state index contributed by atoms with van der Waals surface area (Å²) in [5.41, 5.74) is 0.453. The standard InChI is InChI=1S/C25H40O4/c1-4-5-6-7-8-9-10-11-12-13-14-15-16-17-18-19-21-24(27)23(28-2)20-22(26)25(21)29-3/h11-12,20H,4-10,13-19H2,1-3H3/b12-11-. The number of allylic oxidation sites excluding steroid dienone is 4. The number of carbonyl (C=O) groups is 2. The molecule has 0 N–H and O–H groups in total. The molecule has 1 aliphatic carbocycles. The van der Waals surface area contributed by atoms with Crippen LogP contribution in [0.4, 0.5) is 0 Å². The number of rotatable bonds is 17. The van der Waals surface area contributed by atoms with Crippen LogP contribution in [-0.2, 0) is 19.1 Å². The first kappa shape index (κ1) is 25.2. The molecule has 0 aromatic rings. The fourth-order valence-electron chi connectivity index (χ4n) is 3.63. The van der Waals surface area contributed by atoms with Crippen LogP contribution in [0.2, 0.25) is 0 Å². The molecule has 0 bridgehead atoms. The number of unbranched alkanes of at least 4 members (excludes halogenated alkanes) is 11. The smallest absolute Gasteiger partial charge is 0.227 e. The lowest BCUT2D eigenvalue weighted by Gasteiger charge is -2.17. The highest BCUT2D eigenvalue weighted by Gasteiger charge is 2.29. The number of hydrogen-bond acceptors (Lipinski definition) is 4. The summed E-state index contributed by atoms with van der Waals surface area (Å²) in [6.45, 7) is 2.26. The Bertz CT molecular complexity index is 584. The normalized spacial score (nSPS) is 14.7. The highest BCUT2D eigenvalue weighted by atomic mass is 16.5. The second-order valence-electron chi connectivity index (χ2n) is 7.75. The van der Waals surface area contributed by atoms with Crippen LogP contribution in [-0.4, -0.2) is 25.8 Å². The summed E-state index contributed by atoms with van der Waals surface area (Å²) in [7, 11) is 2.85. The lowest BCUT2D eigenvalue weighted by molar-refractivity contribution is -0.120. The largest absolute Gasteiger partial charge is 0.493 e. The first-order chi connectivity index (χ1) is 14.2. The Hall–Kier alpha value is -1.84. The van der Waals surface area contributed by atoms with Gasteiger partial charge in [0.05, 0.1) is 14.2 Å². The maximum Gasteiger partial charge on any atom is 0.227 e. The molecule has 0 saturated carbocycles. The van der Waals surface area contributed by atoms with Gasteiger partial charge >= 0.3 is 0 Å². The Kier molecular flexibility index (Phi) is 13.9. The van der Waals surface area contributed by atoms with Crippen molar-refractivity contribution in [1.29, 1.82) is 0 Å². The number of ether oxygens (including phenoxy) is 2. The summed E-state index contributed by atoms with van der Waals surface area (Å²) in [4.78, 5) is 24.4. The third-order valence-electron chi connectivity index (χ3n) is 5.37. The predicted octanol–water partition coefficient (Wildman–Crippen LogP) is 6.61. The van der Waals surface area contributed by atoms with Gasteiger partial charge in [0.25, 0.3) is 0 Å². The van der Waals surface area contributed by atoms with Crippen molar-refractivity contribution >= 4 is 11.6 Å². The van der Waals surface area contributed by atoms with E-state index in [9.17, 15) is 9.59 Å². The molecule has 0 amide bonds. The van der Waals surface area contributed by atoms with E-state index in [-0.39, 0.29) is 23.1 Å². The van der Waals surface area contributed by atoms with Crippen LogP contribution in [0.3, 0.4) is 0 Å². The van der Waals surface area contributed by atoms with Gasteiger partial charge in [0, 0.05) is 11.6 Å². The highest BCUT2D eigenvalue weighted by molar-refractivity contribution is 6.21. The number of methoxy groups -OCH3 is 2. The summed E-state index contributed by atoms with van der Waals surface area (Å²) in [5, 5.41) is 0. The van der Waals surface area contributed by atoms with Crippen molar-refractivity contribution in [3.05, 3.63) is 35.3 Å². The molecule has 0 radical (unpaired) electrons. The third-order valence-corrected chi connectivity index (χ3v) is 5.37. The van der Waals surface area contributed by atoms with Gasteiger partial charge in [0.2, 0.25) is 11.6 Å². The number of hydrogen-bond donors (Lipinski definition) is 0. The summed E-state index contributed by atoms with van der Waals surface area (Å²) in [6.07, 6.45) is 22.5. The lowest BCUT2D eigenvalue weighted by Crippen LogP contribution is -2.21. The van der Waals surface area contributed by atoms with E-state index < -0.39 is 0 Å². The van der Waals surface area contributed by atoms with Crippen LogP contribution in [0.25, 0.3) is 0 Å². The third kappa shape index (κ3) is 9.96. The maximum absolute atomic E-state index is 12.4. The minimum Gasteiger partial charge on any atom is -0.493 e. The molecule has 4 nitrogen and oxygen atoms in total. The van der Waals surface area contributed by atoms with Gasteiger partial charge in [-0.1, -0.05) is 70.4 Å². The molecule has 0 fully saturated rings. The molecule has 1 rings (SSSR count). The Balaban J connectivity index is 2.10. The zero-order chi connectivity index (χ0) is 21.3. The minimum atomic E-state index is -0.285. The lowest BCUT2D eigenvalue weighted by atomic mass is 9.94. The molecule has 164 valence electrons. The van der Waals surface area contributed by atoms with Crippen molar-refractivity contribution in [3.63, 3.8) is 0 Å². The Morgan fingerprint density at radius 2 is 1.31 bits per heavy atom. The molecule has 0 unspecified atom stereocenters. The maximum atomic E-state index is 12.4. The second kappa shape index (κ2) is 16.0. The van der Waals surface area contributed by atoms with E-state index in [2.05, 4.69) is 19.1 Å². The number of ketones is 2. The summed E-state index contributed by atoms with van der Waals surface area (Å²) < 4.78 is 10.2. The summed E-state index contributed by atoms with van der Waals surface area (Å²) in [5.74, 6) is -0.226. The number of carbonyl (C=O) groups excluding carboxylic acids is 2. The molecular formula is C25H40O4. The monoisotopic (exact) mass is 404 g/mol. The van der Waals surface area contributed by atoms with E-state index in [0.29, 0.717) is 12.0 Å². The number of Topliss-reactive ketones (excluding diaryl/α,β-unsaturated/α-hetero) is 1. The second-order valence-corrected chi connectivity index (χ2v) is 7.75. The molecule has 0 heterocycles. The van der Waals surface area contributed by atoms with Crippen molar-refractivity contribution in [1.82, 2.24) is 0 Å². The summed E-state index contributed by atoms with van der Waals surface area (Å²) >= 11 is 0. The minimum absolute atomic E-state index is 0.110. The van der Waals surface area contributed by atoms with Crippen molar-refractivity contribution in [3.8, 4) is 0 Å². The molecule has 4 heteroatoms. The average Bonchev–Trinajstić information content (AvgIpc) is 2.72.